The average Bonchev–Trinajstić information content (AvgIpc) is 2.91. The Hall–Kier alpha value is -1.25. The minimum Gasteiger partial charge on any atom is -0.469 e. The number of methoxy groups -OCH3 is 1. The Kier molecular flexibility index (Phi) is 4.51. The molecular weight excluding hydrogens is 424 g/mol. The summed E-state index contributed by atoms with van der Waals surface area (Å²) in [7, 11) is 1.58. The first-order valence-electron chi connectivity index (χ1n) is 12.4. The Morgan fingerprint density at radius 1 is 1.24 bits per heavy atom. The van der Waals surface area contributed by atoms with Crippen LogP contribution in [0.25, 0.3) is 0 Å². The molecule has 2 N–H and O–H groups in total. The second-order valence-electron chi connectivity index (χ2n) is 11.7. The molecule has 0 amide bonds. The summed E-state index contributed by atoms with van der Waals surface area (Å²) in [5.74, 6) is -2.20. The summed E-state index contributed by atoms with van der Waals surface area (Å²) >= 11 is 0. The van der Waals surface area contributed by atoms with Gasteiger partial charge in [0.1, 0.15) is 17.3 Å². The van der Waals surface area contributed by atoms with Gasteiger partial charge < -0.3 is 29.2 Å². The van der Waals surface area contributed by atoms with E-state index in [1.54, 1.807) is 7.11 Å². The van der Waals surface area contributed by atoms with E-state index in [1.807, 2.05) is 6.92 Å². The molecule has 3 saturated carbocycles. The van der Waals surface area contributed by atoms with Gasteiger partial charge in [-0.15, -0.1) is 0 Å². The Balaban J connectivity index is 1.62. The van der Waals surface area contributed by atoms with Crippen molar-refractivity contribution in [2.24, 2.45) is 34.0 Å². The predicted octanol–water partition coefficient (Wildman–Crippen LogP) is 2.71. The maximum absolute atomic E-state index is 14.0. The van der Waals surface area contributed by atoms with Gasteiger partial charge in [0.15, 0.2) is 12.1 Å². The molecule has 3 heterocycles. The van der Waals surface area contributed by atoms with Crippen molar-refractivity contribution in [3.8, 4) is 0 Å². The lowest BCUT2D eigenvalue weighted by Gasteiger charge is -2.74. The molecule has 0 aromatic rings. The van der Waals surface area contributed by atoms with Gasteiger partial charge in [0, 0.05) is 32.0 Å². The number of ketones is 1. The molecule has 9 atom stereocenters. The standard InChI is InChI=1S/C26H36O7/c1-6-31-17-10-7-14-11-23(3,4)18-20(28)26(29)25-16(24(18,12-32-26)21(14)33-17)9-8-15(22(25)30-5)13(2)19(25)27/h15-18,20,22,28-29H,2,6-12H2,1,3-5H3. The third kappa shape index (κ3) is 2.23. The molecular formula is C26H36O7. The van der Waals surface area contributed by atoms with Crippen molar-refractivity contribution in [1.29, 1.82) is 0 Å². The highest BCUT2D eigenvalue weighted by Crippen LogP contribution is 2.78. The zero-order valence-electron chi connectivity index (χ0n) is 20.1. The number of fused-ring (bicyclic) bond motifs is 2. The monoisotopic (exact) mass is 460 g/mol. The van der Waals surface area contributed by atoms with E-state index in [4.69, 9.17) is 18.9 Å². The van der Waals surface area contributed by atoms with Crippen molar-refractivity contribution < 1.29 is 34.0 Å². The number of carbonyl (C=O) groups excluding carboxylic acids is 1. The van der Waals surface area contributed by atoms with Gasteiger partial charge in [0.2, 0.25) is 5.79 Å². The average molecular weight is 461 g/mol. The summed E-state index contributed by atoms with van der Waals surface area (Å²) in [5, 5.41) is 24.0. The van der Waals surface area contributed by atoms with E-state index in [2.05, 4.69) is 20.4 Å². The van der Waals surface area contributed by atoms with Crippen LogP contribution in [-0.4, -0.2) is 60.6 Å². The lowest BCUT2D eigenvalue weighted by atomic mass is 9.36. The Morgan fingerprint density at radius 3 is 2.70 bits per heavy atom. The van der Waals surface area contributed by atoms with Crippen molar-refractivity contribution >= 4 is 5.78 Å². The largest absolute Gasteiger partial charge is 0.469 e. The molecule has 7 aliphatic rings. The number of hydrogen-bond donors (Lipinski definition) is 2. The van der Waals surface area contributed by atoms with E-state index in [0.29, 0.717) is 12.2 Å². The van der Waals surface area contributed by atoms with Crippen LogP contribution in [0.3, 0.4) is 0 Å². The van der Waals surface area contributed by atoms with Gasteiger partial charge in [-0.3, -0.25) is 4.79 Å². The van der Waals surface area contributed by atoms with Crippen molar-refractivity contribution in [1.82, 2.24) is 0 Å². The van der Waals surface area contributed by atoms with Crippen molar-refractivity contribution in [3.05, 3.63) is 23.5 Å². The van der Waals surface area contributed by atoms with E-state index in [-0.39, 0.29) is 41.8 Å². The molecule has 7 rings (SSSR count). The van der Waals surface area contributed by atoms with Crippen LogP contribution in [0.15, 0.2) is 23.5 Å². The molecule has 3 aliphatic heterocycles. The second kappa shape index (κ2) is 6.70. The third-order valence-electron chi connectivity index (χ3n) is 10.1. The van der Waals surface area contributed by atoms with E-state index < -0.39 is 28.8 Å². The summed E-state index contributed by atoms with van der Waals surface area (Å²) < 4.78 is 24.6. The number of hydrogen-bond acceptors (Lipinski definition) is 7. The van der Waals surface area contributed by atoms with Gasteiger partial charge in [-0.1, -0.05) is 20.4 Å². The topological polar surface area (TPSA) is 94.5 Å². The van der Waals surface area contributed by atoms with Crippen LogP contribution >= 0.6 is 0 Å². The van der Waals surface area contributed by atoms with Crippen LogP contribution in [-0.2, 0) is 23.7 Å². The van der Waals surface area contributed by atoms with E-state index in [1.165, 1.54) is 5.57 Å². The first-order valence-corrected chi connectivity index (χ1v) is 12.4. The fourth-order valence-corrected chi connectivity index (χ4v) is 9.28. The van der Waals surface area contributed by atoms with Crippen LogP contribution in [0.2, 0.25) is 0 Å². The number of aliphatic hydroxyl groups is 2. The molecule has 9 unspecified atom stereocenters. The molecule has 4 bridgehead atoms. The van der Waals surface area contributed by atoms with Crippen LogP contribution in [0.5, 0.6) is 0 Å². The zero-order chi connectivity index (χ0) is 23.6. The maximum Gasteiger partial charge on any atom is 0.208 e. The fraction of sp³-hybridized carbons (Fsp3) is 0.808. The molecule has 0 aromatic carbocycles. The SMILES string of the molecule is C=C1C(=O)C23C(OC)C1CCC2C12COC3(O)C(O)C1C(C)(C)CC1=C2OC(OCC)CC1. The Bertz CT molecular complexity index is 954. The van der Waals surface area contributed by atoms with Gasteiger partial charge >= 0.3 is 0 Å². The Morgan fingerprint density at radius 2 is 2.00 bits per heavy atom. The number of rotatable bonds is 3. The number of Topliss-reactive ketones (excluding diaryl/α,β-unsaturated/α-hetero) is 1. The van der Waals surface area contributed by atoms with Gasteiger partial charge in [0.05, 0.1) is 18.1 Å². The number of carbonyl (C=O) groups is 1. The highest BCUT2D eigenvalue weighted by atomic mass is 16.7. The molecule has 5 fully saturated rings. The van der Waals surface area contributed by atoms with Crippen LogP contribution in [0.1, 0.15) is 52.9 Å². The first-order chi connectivity index (χ1) is 15.6. The molecule has 2 saturated heterocycles. The molecule has 7 heteroatoms. The van der Waals surface area contributed by atoms with Gasteiger partial charge in [0.25, 0.3) is 0 Å². The Labute approximate surface area is 195 Å². The smallest absolute Gasteiger partial charge is 0.208 e. The number of aliphatic hydroxyl groups excluding tert-OH is 1. The minimum atomic E-state index is -2.02. The molecule has 0 radical (unpaired) electrons. The van der Waals surface area contributed by atoms with Crippen LogP contribution in [0.4, 0.5) is 0 Å². The maximum atomic E-state index is 14.0. The highest BCUT2D eigenvalue weighted by Gasteiger charge is 2.87. The lowest BCUT2D eigenvalue weighted by Crippen LogP contribution is -2.84. The highest BCUT2D eigenvalue weighted by molar-refractivity contribution is 6.05. The summed E-state index contributed by atoms with van der Waals surface area (Å²) in [6.07, 6.45) is 1.69. The quantitative estimate of drug-likeness (QED) is 0.626. The van der Waals surface area contributed by atoms with Crippen LogP contribution < -0.4 is 0 Å². The van der Waals surface area contributed by atoms with Crippen molar-refractivity contribution in [2.75, 3.05) is 20.3 Å². The molecule has 182 valence electrons. The third-order valence-corrected chi connectivity index (χ3v) is 10.1. The summed E-state index contributed by atoms with van der Waals surface area (Å²) in [6.45, 7) is 11.1. The van der Waals surface area contributed by atoms with Crippen molar-refractivity contribution in [2.45, 2.75) is 77.2 Å². The summed E-state index contributed by atoms with van der Waals surface area (Å²) in [5.41, 5.74) is -0.736. The fourth-order valence-electron chi connectivity index (χ4n) is 9.28. The van der Waals surface area contributed by atoms with Gasteiger partial charge in [-0.25, -0.2) is 0 Å². The normalized spacial score (nSPS) is 51.7. The second-order valence-corrected chi connectivity index (χ2v) is 11.7. The lowest BCUT2D eigenvalue weighted by molar-refractivity contribution is -0.445. The molecule has 7 nitrogen and oxygen atoms in total. The van der Waals surface area contributed by atoms with E-state index in [0.717, 1.165) is 37.9 Å². The molecule has 4 aliphatic carbocycles. The molecule has 0 aromatic heterocycles. The zero-order valence-corrected chi connectivity index (χ0v) is 20.1. The summed E-state index contributed by atoms with van der Waals surface area (Å²) in [4.78, 5) is 14.0. The molecule has 33 heavy (non-hydrogen) atoms. The number of ether oxygens (including phenoxy) is 4. The van der Waals surface area contributed by atoms with E-state index in [9.17, 15) is 15.0 Å². The van der Waals surface area contributed by atoms with Gasteiger partial charge in [-0.05, 0) is 55.1 Å². The van der Waals surface area contributed by atoms with Gasteiger partial charge in [-0.2, -0.15) is 0 Å². The predicted molar refractivity (Wildman–Crippen MR) is 118 cm³/mol. The van der Waals surface area contributed by atoms with Crippen molar-refractivity contribution in [3.63, 3.8) is 0 Å². The summed E-state index contributed by atoms with van der Waals surface area (Å²) in [6, 6.07) is 0. The van der Waals surface area contributed by atoms with E-state index >= 15 is 0 Å². The van der Waals surface area contributed by atoms with Crippen LogP contribution in [0, 0.1) is 34.0 Å². The number of allylic oxidation sites excluding steroid dienone is 1. The first kappa shape index (κ1) is 22.2. The molecule has 2 spiro atoms. The minimum absolute atomic E-state index is 0.179.